The second kappa shape index (κ2) is 5.02. The SMILES string of the molecule is NCC1(Cc2ccc([N+](=O)[O-])c(F)c2)CCCC1. The van der Waals surface area contributed by atoms with Crippen molar-refractivity contribution in [2.75, 3.05) is 6.54 Å². The molecule has 0 amide bonds. The van der Waals surface area contributed by atoms with Crippen LogP contribution >= 0.6 is 0 Å². The molecule has 0 aromatic heterocycles. The van der Waals surface area contributed by atoms with Gasteiger partial charge in [0.15, 0.2) is 0 Å². The van der Waals surface area contributed by atoms with E-state index in [9.17, 15) is 14.5 Å². The van der Waals surface area contributed by atoms with Gasteiger partial charge in [-0.25, -0.2) is 0 Å². The van der Waals surface area contributed by atoms with Crippen molar-refractivity contribution in [2.45, 2.75) is 32.1 Å². The summed E-state index contributed by atoms with van der Waals surface area (Å²) in [6.45, 7) is 0.589. The number of hydrogen-bond donors (Lipinski definition) is 1. The molecule has 18 heavy (non-hydrogen) atoms. The van der Waals surface area contributed by atoms with E-state index in [1.807, 2.05) is 0 Å². The first-order chi connectivity index (χ1) is 8.56. The molecule has 0 bridgehead atoms. The summed E-state index contributed by atoms with van der Waals surface area (Å²) in [7, 11) is 0. The number of nitro groups is 1. The summed E-state index contributed by atoms with van der Waals surface area (Å²) in [4.78, 5) is 9.84. The van der Waals surface area contributed by atoms with Crippen LogP contribution in [0.15, 0.2) is 18.2 Å². The smallest absolute Gasteiger partial charge is 0.304 e. The predicted molar refractivity (Wildman–Crippen MR) is 66.7 cm³/mol. The molecule has 0 heterocycles. The van der Waals surface area contributed by atoms with E-state index in [0.717, 1.165) is 31.2 Å². The van der Waals surface area contributed by atoms with Crippen molar-refractivity contribution in [3.63, 3.8) is 0 Å². The van der Waals surface area contributed by atoms with E-state index in [-0.39, 0.29) is 5.41 Å². The monoisotopic (exact) mass is 252 g/mol. The average molecular weight is 252 g/mol. The highest BCUT2D eigenvalue weighted by Crippen LogP contribution is 2.40. The van der Waals surface area contributed by atoms with Gasteiger partial charge in [-0.1, -0.05) is 18.9 Å². The van der Waals surface area contributed by atoms with Gasteiger partial charge in [0.1, 0.15) is 0 Å². The van der Waals surface area contributed by atoms with E-state index in [4.69, 9.17) is 5.73 Å². The highest BCUT2D eigenvalue weighted by Gasteiger charge is 2.32. The summed E-state index contributed by atoms with van der Waals surface area (Å²) in [6, 6.07) is 4.15. The van der Waals surface area contributed by atoms with Gasteiger partial charge >= 0.3 is 5.69 Å². The van der Waals surface area contributed by atoms with Crippen molar-refractivity contribution >= 4 is 5.69 Å². The van der Waals surface area contributed by atoms with Crippen molar-refractivity contribution in [3.05, 3.63) is 39.7 Å². The van der Waals surface area contributed by atoms with Gasteiger partial charge in [0.2, 0.25) is 5.82 Å². The van der Waals surface area contributed by atoms with Crippen LogP contribution in [0.25, 0.3) is 0 Å². The number of nitrogens with two attached hydrogens (primary N) is 1. The van der Waals surface area contributed by atoms with Gasteiger partial charge in [0.25, 0.3) is 0 Å². The van der Waals surface area contributed by atoms with Gasteiger partial charge in [-0.15, -0.1) is 0 Å². The Morgan fingerprint density at radius 2 is 2.06 bits per heavy atom. The average Bonchev–Trinajstić information content (AvgIpc) is 2.78. The number of rotatable bonds is 4. The summed E-state index contributed by atoms with van der Waals surface area (Å²) in [5.41, 5.74) is 6.22. The number of nitro benzene ring substituents is 1. The number of hydrogen-bond acceptors (Lipinski definition) is 3. The molecule has 0 aliphatic heterocycles. The van der Waals surface area contributed by atoms with Gasteiger partial charge in [0, 0.05) is 6.07 Å². The Morgan fingerprint density at radius 3 is 2.56 bits per heavy atom. The van der Waals surface area contributed by atoms with E-state index in [1.165, 1.54) is 12.1 Å². The van der Waals surface area contributed by atoms with E-state index < -0.39 is 16.4 Å². The molecule has 0 spiro atoms. The molecule has 2 rings (SSSR count). The number of nitrogens with zero attached hydrogens (tertiary/aromatic N) is 1. The summed E-state index contributed by atoms with van der Waals surface area (Å²) in [5.74, 6) is -0.761. The van der Waals surface area contributed by atoms with Crippen molar-refractivity contribution in [3.8, 4) is 0 Å². The standard InChI is InChI=1S/C13H17FN2O2/c14-11-7-10(3-4-12(11)16(17)18)8-13(9-15)5-1-2-6-13/h3-4,7H,1-2,5-6,8-9,15H2. The van der Waals surface area contributed by atoms with E-state index in [0.29, 0.717) is 13.0 Å². The molecule has 1 aromatic carbocycles. The van der Waals surface area contributed by atoms with Crippen LogP contribution in [-0.4, -0.2) is 11.5 Å². The molecule has 0 radical (unpaired) electrons. The van der Waals surface area contributed by atoms with Gasteiger partial charge < -0.3 is 5.73 Å². The third-order valence-corrected chi connectivity index (χ3v) is 3.89. The zero-order chi connectivity index (χ0) is 13.2. The zero-order valence-electron chi connectivity index (χ0n) is 10.2. The van der Waals surface area contributed by atoms with Crippen LogP contribution < -0.4 is 5.73 Å². The molecular weight excluding hydrogens is 235 g/mol. The molecule has 0 atom stereocenters. The minimum atomic E-state index is -0.761. The minimum Gasteiger partial charge on any atom is -0.330 e. The molecule has 1 aliphatic rings. The third kappa shape index (κ3) is 2.51. The van der Waals surface area contributed by atoms with Gasteiger partial charge in [-0.3, -0.25) is 10.1 Å². The first kappa shape index (κ1) is 13.0. The molecular formula is C13H17FN2O2. The molecule has 1 saturated carbocycles. The molecule has 1 aliphatic carbocycles. The largest absolute Gasteiger partial charge is 0.330 e. The lowest BCUT2D eigenvalue weighted by Crippen LogP contribution is -2.29. The Bertz CT molecular complexity index is 456. The number of benzene rings is 1. The fourth-order valence-electron chi connectivity index (χ4n) is 2.82. The lowest BCUT2D eigenvalue weighted by Gasteiger charge is -2.27. The fraction of sp³-hybridized carbons (Fsp3) is 0.538. The van der Waals surface area contributed by atoms with Crippen LogP contribution in [0, 0.1) is 21.3 Å². The normalized spacial score (nSPS) is 17.9. The summed E-state index contributed by atoms with van der Waals surface area (Å²) in [6.07, 6.45) is 5.14. The minimum absolute atomic E-state index is 0.0581. The molecule has 2 N–H and O–H groups in total. The fourth-order valence-corrected chi connectivity index (χ4v) is 2.82. The lowest BCUT2D eigenvalue weighted by atomic mass is 9.80. The quantitative estimate of drug-likeness (QED) is 0.661. The van der Waals surface area contributed by atoms with E-state index in [1.54, 1.807) is 6.07 Å². The molecule has 0 unspecified atom stereocenters. The highest BCUT2D eigenvalue weighted by atomic mass is 19.1. The Hall–Kier alpha value is -1.49. The number of halogens is 1. The molecule has 0 saturated heterocycles. The maximum atomic E-state index is 13.5. The van der Waals surface area contributed by atoms with Crippen LogP contribution in [0.4, 0.5) is 10.1 Å². The van der Waals surface area contributed by atoms with Crippen molar-refractivity contribution < 1.29 is 9.31 Å². The highest BCUT2D eigenvalue weighted by molar-refractivity contribution is 5.35. The lowest BCUT2D eigenvalue weighted by molar-refractivity contribution is -0.387. The Labute approximate surface area is 105 Å². The molecule has 98 valence electrons. The first-order valence-corrected chi connectivity index (χ1v) is 6.19. The molecule has 1 fully saturated rings. The summed E-state index contributed by atoms with van der Waals surface area (Å²) < 4.78 is 13.5. The topological polar surface area (TPSA) is 69.2 Å². The van der Waals surface area contributed by atoms with Crippen LogP contribution in [0.3, 0.4) is 0 Å². The van der Waals surface area contributed by atoms with Gasteiger partial charge in [-0.2, -0.15) is 4.39 Å². The van der Waals surface area contributed by atoms with Gasteiger partial charge in [-0.05, 0) is 42.9 Å². The van der Waals surface area contributed by atoms with Crippen LogP contribution in [-0.2, 0) is 6.42 Å². The summed E-state index contributed by atoms with van der Waals surface area (Å²) in [5, 5.41) is 10.5. The van der Waals surface area contributed by atoms with Crippen molar-refractivity contribution in [2.24, 2.45) is 11.1 Å². The van der Waals surface area contributed by atoms with Crippen molar-refractivity contribution in [1.82, 2.24) is 0 Å². The van der Waals surface area contributed by atoms with E-state index in [2.05, 4.69) is 0 Å². The maximum Gasteiger partial charge on any atom is 0.304 e. The summed E-state index contributed by atoms with van der Waals surface area (Å²) >= 11 is 0. The third-order valence-electron chi connectivity index (χ3n) is 3.89. The first-order valence-electron chi connectivity index (χ1n) is 6.19. The van der Waals surface area contributed by atoms with Crippen LogP contribution in [0.2, 0.25) is 0 Å². The predicted octanol–water partition coefficient (Wildman–Crippen LogP) is 2.80. The zero-order valence-corrected chi connectivity index (χ0v) is 10.2. The van der Waals surface area contributed by atoms with E-state index >= 15 is 0 Å². The van der Waals surface area contributed by atoms with Crippen LogP contribution in [0.5, 0.6) is 0 Å². The maximum absolute atomic E-state index is 13.5. The van der Waals surface area contributed by atoms with Gasteiger partial charge in [0.05, 0.1) is 4.92 Å². The molecule has 5 heteroatoms. The second-order valence-corrected chi connectivity index (χ2v) is 5.13. The Balaban J connectivity index is 2.19. The Morgan fingerprint density at radius 1 is 1.39 bits per heavy atom. The Kier molecular flexibility index (Phi) is 3.61. The van der Waals surface area contributed by atoms with Crippen LogP contribution in [0.1, 0.15) is 31.2 Å². The molecule has 1 aromatic rings. The molecule has 4 nitrogen and oxygen atoms in total. The van der Waals surface area contributed by atoms with Crippen molar-refractivity contribution in [1.29, 1.82) is 0 Å². The second-order valence-electron chi connectivity index (χ2n) is 5.13.